The van der Waals surface area contributed by atoms with Crippen LogP contribution in [0.1, 0.15) is 24.2 Å². The van der Waals surface area contributed by atoms with Crippen molar-refractivity contribution in [3.05, 3.63) is 35.6 Å². The summed E-state index contributed by atoms with van der Waals surface area (Å²) in [5, 5.41) is 4.55. The van der Waals surface area contributed by atoms with Crippen LogP contribution in [0.2, 0.25) is 0 Å². The number of aryl methyl sites for hydroxylation is 1. The number of hydrogen-bond donors (Lipinski definition) is 1. The van der Waals surface area contributed by atoms with Crippen molar-refractivity contribution in [3.63, 3.8) is 0 Å². The van der Waals surface area contributed by atoms with Crippen LogP contribution in [0.4, 0.5) is 0 Å². The van der Waals surface area contributed by atoms with Crippen LogP contribution in [0.5, 0.6) is 0 Å². The molecule has 1 N–H and O–H groups in total. The third-order valence-corrected chi connectivity index (χ3v) is 4.54. The number of furan rings is 1. The summed E-state index contributed by atoms with van der Waals surface area (Å²) >= 11 is 0. The van der Waals surface area contributed by atoms with Crippen LogP contribution in [0.25, 0.3) is 11.0 Å². The number of rotatable bonds is 7. The molecular formula is C19H28IN3O2. The van der Waals surface area contributed by atoms with Crippen molar-refractivity contribution in [1.82, 2.24) is 10.2 Å². The van der Waals surface area contributed by atoms with E-state index in [-0.39, 0.29) is 24.0 Å². The Morgan fingerprint density at radius 2 is 2.12 bits per heavy atom. The van der Waals surface area contributed by atoms with E-state index in [2.05, 4.69) is 28.2 Å². The van der Waals surface area contributed by atoms with E-state index in [1.165, 1.54) is 23.8 Å². The molecule has 0 unspecified atom stereocenters. The summed E-state index contributed by atoms with van der Waals surface area (Å²) in [5.41, 5.74) is 2.12. The molecule has 0 atom stereocenters. The molecule has 2 aromatic rings. The first-order valence-electron chi connectivity index (χ1n) is 8.65. The van der Waals surface area contributed by atoms with Crippen molar-refractivity contribution in [2.24, 2.45) is 10.9 Å². The molecule has 0 aliphatic heterocycles. The predicted molar refractivity (Wildman–Crippen MR) is 113 cm³/mol. The summed E-state index contributed by atoms with van der Waals surface area (Å²) in [7, 11) is 3.83. The minimum atomic E-state index is 0. The van der Waals surface area contributed by atoms with Gasteiger partial charge >= 0.3 is 0 Å². The molecule has 0 amide bonds. The minimum absolute atomic E-state index is 0. The first kappa shape index (κ1) is 20.0. The fourth-order valence-corrected chi connectivity index (χ4v) is 2.78. The minimum Gasteiger partial charge on any atom is -0.459 e. The van der Waals surface area contributed by atoms with Crippen LogP contribution in [0, 0.1) is 12.8 Å². The van der Waals surface area contributed by atoms with Gasteiger partial charge in [0, 0.05) is 38.2 Å². The Hall–Kier alpha value is -1.28. The number of benzene rings is 1. The lowest BCUT2D eigenvalue weighted by molar-refractivity contribution is 0.115. The Balaban J connectivity index is 0.00000225. The van der Waals surface area contributed by atoms with Gasteiger partial charge in [-0.1, -0.05) is 18.2 Å². The Labute approximate surface area is 166 Å². The van der Waals surface area contributed by atoms with Crippen LogP contribution in [0.3, 0.4) is 0 Å². The van der Waals surface area contributed by atoms with Gasteiger partial charge in [0.2, 0.25) is 0 Å². The van der Waals surface area contributed by atoms with Crippen LogP contribution in [-0.4, -0.2) is 44.7 Å². The molecule has 25 heavy (non-hydrogen) atoms. The first-order chi connectivity index (χ1) is 11.7. The van der Waals surface area contributed by atoms with Crippen LogP contribution < -0.4 is 5.32 Å². The lowest BCUT2D eigenvalue weighted by atomic mass is 10.1. The second-order valence-corrected chi connectivity index (χ2v) is 6.49. The van der Waals surface area contributed by atoms with Gasteiger partial charge in [-0.25, -0.2) is 0 Å². The molecule has 0 bridgehead atoms. The Bertz CT molecular complexity index is 710. The van der Waals surface area contributed by atoms with E-state index in [1.54, 1.807) is 7.05 Å². The van der Waals surface area contributed by atoms with Crippen LogP contribution in [-0.2, 0) is 11.3 Å². The number of halogens is 1. The maximum absolute atomic E-state index is 5.94. The highest BCUT2D eigenvalue weighted by atomic mass is 127. The van der Waals surface area contributed by atoms with Gasteiger partial charge in [-0.3, -0.25) is 4.99 Å². The summed E-state index contributed by atoms with van der Waals surface area (Å²) in [6, 6.07) is 8.13. The number of hydrogen-bond acceptors (Lipinski definition) is 3. The monoisotopic (exact) mass is 457 g/mol. The third kappa shape index (κ3) is 5.34. The molecule has 1 heterocycles. The standard InChI is InChI=1S/C19H27N3O2.HI/c1-14-16-6-4-5-7-17(16)24-18(14)12-21-19(20-2)22(3)10-11-23-13-15-8-9-15;/h4-7,15H,8-13H2,1-3H3,(H,20,21);1H. The molecule has 1 aromatic carbocycles. The molecule has 3 rings (SSSR count). The van der Waals surface area contributed by atoms with E-state index in [0.717, 1.165) is 43.0 Å². The van der Waals surface area contributed by atoms with E-state index >= 15 is 0 Å². The summed E-state index contributed by atoms with van der Waals surface area (Å²) in [6.45, 7) is 5.18. The molecule has 1 aromatic heterocycles. The average Bonchev–Trinajstić information content (AvgIpc) is 3.37. The number of ether oxygens (including phenoxy) is 1. The zero-order valence-electron chi connectivity index (χ0n) is 15.2. The maximum Gasteiger partial charge on any atom is 0.193 e. The van der Waals surface area contributed by atoms with Crippen LogP contribution in [0.15, 0.2) is 33.7 Å². The number of fused-ring (bicyclic) bond motifs is 1. The van der Waals surface area contributed by atoms with Gasteiger partial charge in [0.1, 0.15) is 11.3 Å². The Kier molecular flexibility index (Phi) is 7.56. The quantitative estimate of drug-likeness (QED) is 0.298. The van der Waals surface area contributed by atoms with E-state index < -0.39 is 0 Å². The zero-order valence-corrected chi connectivity index (χ0v) is 17.6. The van der Waals surface area contributed by atoms with Gasteiger partial charge in [-0.15, -0.1) is 24.0 Å². The SMILES string of the molecule is CN=C(NCc1oc2ccccc2c1C)N(C)CCOCC1CC1.I. The molecule has 1 fully saturated rings. The second kappa shape index (κ2) is 9.43. The molecule has 0 radical (unpaired) electrons. The number of aliphatic imine (C=N–C) groups is 1. The summed E-state index contributed by atoms with van der Waals surface area (Å²) < 4.78 is 11.6. The number of nitrogens with zero attached hydrogens (tertiary/aromatic N) is 2. The summed E-state index contributed by atoms with van der Waals surface area (Å²) in [5.74, 6) is 2.62. The zero-order chi connectivity index (χ0) is 16.9. The second-order valence-electron chi connectivity index (χ2n) is 6.49. The smallest absolute Gasteiger partial charge is 0.193 e. The molecule has 6 heteroatoms. The van der Waals surface area contributed by atoms with E-state index in [4.69, 9.17) is 9.15 Å². The lowest BCUT2D eigenvalue weighted by Gasteiger charge is -2.21. The molecule has 138 valence electrons. The number of para-hydroxylation sites is 1. The van der Waals surface area contributed by atoms with Gasteiger partial charge in [-0.05, 0) is 31.7 Å². The van der Waals surface area contributed by atoms with Gasteiger partial charge in [-0.2, -0.15) is 0 Å². The average molecular weight is 457 g/mol. The largest absolute Gasteiger partial charge is 0.459 e. The van der Waals surface area contributed by atoms with Gasteiger partial charge in [0.15, 0.2) is 5.96 Å². The fraction of sp³-hybridized carbons (Fsp3) is 0.526. The fourth-order valence-electron chi connectivity index (χ4n) is 2.78. The molecular weight excluding hydrogens is 429 g/mol. The highest BCUT2D eigenvalue weighted by molar-refractivity contribution is 14.0. The van der Waals surface area contributed by atoms with E-state index in [0.29, 0.717) is 6.54 Å². The Morgan fingerprint density at radius 3 is 2.80 bits per heavy atom. The van der Waals surface area contributed by atoms with Gasteiger partial charge in [0.25, 0.3) is 0 Å². The number of nitrogens with one attached hydrogen (secondary N) is 1. The van der Waals surface area contributed by atoms with Crippen molar-refractivity contribution in [2.75, 3.05) is 33.9 Å². The van der Waals surface area contributed by atoms with E-state index in [1.807, 2.05) is 25.2 Å². The Morgan fingerprint density at radius 1 is 1.36 bits per heavy atom. The number of likely N-dealkylation sites (N-methyl/N-ethyl adjacent to an activating group) is 1. The molecule has 0 saturated heterocycles. The lowest BCUT2D eigenvalue weighted by Crippen LogP contribution is -2.40. The maximum atomic E-state index is 5.94. The number of guanidine groups is 1. The van der Waals surface area contributed by atoms with Gasteiger partial charge < -0.3 is 19.4 Å². The van der Waals surface area contributed by atoms with Crippen molar-refractivity contribution < 1.29 is 9.15 Å². The van der Waals surface area contributed by atoms with Gasteiger partial charge in [0.05, 0.1) is 13.2 Å². The highest BCUT2D eigenvalue weighted by Gasteiger charge is 2.21. The predicted octanol–water partition coefficient (Wildman–Crippen LogP) is 3.79. The summed E-state index contributed by atoms with van der Waals surface area (Å²) in [6.07, 6.45) is 2.66. The summed E-state index contributed by atoms with van der Waals surface area (Å²) in [4.78, 5) is 6.44. The first-order valence-corrected chi connectivity index (χ1v) is 8.65. The van der Waals surface area contributed by atoms with Crippen molar-refractivity contribution in [1.29, 1.82) is 0 Å². The van der Waals surface area contributed by atoms with Crippen molar-refractivity contribution >= 4 is 40.9 Å². The molecule has 1 saturated carbocycles. The van der Waals surface area contributed by atoms with Crippen molar-refractivity contribution in [3.8, 4) is 0 Å². The van der Waals surface area contributed by atoms with Crippen LogP contribution >= 0.6 is 24.0 Å². The molecule has 0 spiro atoms. The molecule has 1 aliphatic rings. The topological polar surface area (TPSA) is 50.0 Å². The molecule has 5 nitrogen and oxygen atoms in total. The van der Waals surface area contributed by atoms with Crippen molar-refractivity contribution in [2.45, 2.75) is 26.3 Å². The highest BCUT2D eigenvalue weighted by Crippen LogP contribution is 2.28. The normalized spacial score (nSPS) is 14.4. The third-order valence-electron chi connectivity index (χ3n) is 4.54. The molecule has 1 aliphatic carbocycles. The van der Waals surface area contributed by atoms with E-state index in [9.17, 15) is 0 Å².